The lowest BCUT2D eigenvalue weighted by atomic mass is 10.3. The number of rotatable bonds is 8. The van der Waals surface area contributed by atoms with Crippen molar-refractivity contribution in [2.45, 2.75) is 13.0 Å². The van der Waals surface area contributed by atoms with E-state index in [0.29, 0.717) is 25.7 Å². The quantitative estimate of drug-likeness (QED) is 0.356. The van der Waals surface area contributed by atoms with Gasteiger partial charge in [0.2, 0.25) is 0 Å². The second-order valence-corrected chi connectivity index (χ2v) is 6.35. The first kappa shape index (κ1) is 19.7. The number of methoxy groups -OCH3 is 1. The second-order valence-electron chi connectivity index (χ2n) is 6.35. The average Bonchev–Trinajstić information content (AvgIpc) is 3.05. The molecule has 7 heteroatoms. The first-order chi connectivity index (χ1) is 13.7. The van der Waals surface area contributed by atoms with Gasteiger partial charge < -0.3 is 24.7 Å². The van der Waals surface area contributed by atoms with Crippen LogP contribution in [0.1, 0.15) is 12.2 Å². The maximum atomic E-state index is 5.75. The Balaban J connectivity index is 1.59. The van der Waals surface area contributed by atoms with E-state index in [2.05, 4.69) is 31.2 Å². The third-order valence-electron chi connectivity index (χ3n) is 4.38. The highest BCUT2D eigenvalue weighted by Gasteiger charge is 2.08. The smallest absolute Gasteiger partial charge is 0.195 e. The van der Waals surface area contributed by atoms with Crippen molar-refractivity contribution < 1.29 is 9.47 Å². The van der Waals surface area contributed by atoms with Gasteiger partial charge in [-0.15, -0.1) is 0 Å². The molecular weight excluding hydrogens is 354 g/mol. The van der Waals surface area contributed by atoms with Crippen LogP contribution in [0.25, 0.3) is 11.0 Å². The van der Waals surface area contributed by atoms with Crippen LogP contribution < -0.4 is 15.4 Å². The number of benzene rings is 2. The number of nitrogens with one attached hydrogen (secondary N) is 2. The molecule has 0 aliphatic heterocycles. The van der Waals surface area contributed by atoms with Crippen molar-refractivity contribution in [3.63, 3.8) is 0 Å². The van der Waals surface area contributed by atoms with E-state index in [-0.39, 0.29) is 0 Å². The zero-order chi connectivity index (χ0) is 19.8. The van der Waals surface area contributed by atoms with Crippen LogP contribution in [-0.2, 0) is 18.3 Å². The molecule has 0 fully saturated rings. The Hall–Kier alpha value is -3.06. The molecule has 0 aliphatic rings. The van der Waals surface area contributed by atoms with Crippen molar-refractivity contribution in [2.75, 3.05) is 32.7 Å². The van der Waals surface area contributed by atoms with E-state index >= 15 is 0 Å². The molecule has 3 aromatic rings. The molecule has 0 bridgehead atoms. The molecule has 0 aliphatic carbocycles. The Bertz CT molecular complexity index is 935. The van der Waals surface area contributed by atoms with Gasteiger partial charge in [-0.05, 0) is 24.3 Å². The normalized spacial score (nSPS) is 11.6. The van der Waals surface area contributed by atoms with E-state index in [4.69, 9.17) is 9.47 Å². The van der Waals surface area contributed by atoms with Crippen LogP contribution in [0.15, 0.2) is 53.5 Å². The van der Waals surface area contributed by atoms with Gasteiger partial charge in [-0.3, -0.25) is 4.99 Å². The SMILES string of the molecule is CN=C(NCc1nc2ccccc2n1C)Nc1cccc(OCCCOC)c1. The van der Waals surface area contributed by atoms with Crippen LogP contribution >= 0.6 is 0 Å². The number of anilines is 1. The maximum Gasteiger partial charge on any atom is 0.195 e. The number of guanidine groups is 1. The molecule has 0 saturated heterocycles. The molecule has 2 N–H and O–H groups in total. The molecule has 0 amide bonds. The highest BCUT2D eigenvalue weighted by atomic mass is 16.5. The molecule has 28 heavy (non-hydrogen) atoms. The first-order valence-electron chi connectivity index (χ1n) is 9.31. The van der Waals surface area contributed by atoms with Crippen molar-refractivity contribution in [3.05, 3.63) is 54.4 Å². The highest BCUT2D eigenvalue weighted by molar-refractivity contribution is 5.93. The number of nitrogens with zero attached hydrogens (tertiary/aromatic N) is 3. The van der Waals surface area contributed by atoms with Gasteiger partial charge in [-0.25, -0.2) is 4.98 Å². The van der Waals surface area contributed by atoms with Crippen LogP contribution in [0.2, 0.25) is 0 Å². The third-order valence-corrected chi connectivity index (χ3v) is 4.38. The molecule has 7 nitrogen and oxygen atoms in total. The summed E-state index contributed by atoms with van der Waals surface area (Å²) in [6, 6.07) is 15.9. The predicted octanol–water partition coefficient (Wildman–Crippen LogP) is 3.18. The van der Waals surface area contributed by atoms with Crippen molar-refractivity contribution >= 4 is 22.7 Å². The lowest BCUT2D eigenvalue weighted by molar-refractivity contribution is 0.172. The summed E-state index contributed by atoms with van der Waals surface area (Å²) in [6.07, 6.45) is 0.857. The van der Waals surface area contributed by atoms with E-state index in [1.54, 1.807) is 14.2 Å². The predicted molar refractivity (Wildman–Crippen MR) is 113 cm³/mol. The van der Waals surface area contributed by atoms with E-state index in [9.17, 15) is 0 Å². The Morgan fingerprint density at radius 3 is 2.79 bits per heavy atom. The summed E-state index contributed by atoms with van der Waals surface area (Å²) in [6.45, 7) is 1.88. The summed E-state index contributed by atoms with van der Waals surface area (Å²) in [7, 11) is 5.46. The number of aliphatic imine (C=N–C) groups is 1. The largest absolute Gasteiger partial charge is 0.493 e. The van der Waals surface area contributed by atoms with Gasteiger partial charge in [0.15, 0.2) is 5.96 Å². The van der Waals surface area contributed by atoms with Gasteiger partial charge in [0, 0.05) is 46.0 Å². The molecule has 0 unspecified atom stereocenters. The molecule has 0 spiro atoms. The highest BCUT2D eigenvalue weighted by Crippen LogP contribution is 2.18. The lowest BCUT2D eigenvalue weighted by Gasteiger charge is -2.13. The maximum absolute atomic E-state index is 5.75. The molecular formula is C21H27N5O2. The summed E-state index contributed by atoms with van der Waals surface area (Å²) in [5, 5.41) is 6.60. The minimum atomic E-state index is 0.568. The van der Waals surface area contributed by atoms with Crippen molar-refractivity contribution in [2.24, 2.45) is 12.0 Å². The van der Waals surface area contributed by atoms with E-state index < -0.39 is 0 Å². The number of aryl methyl sites for hydroxylation is 1. The van der Waals surface area contributed by atoms with Gasteiger partial charge in [0.1, 0.15) is 11.6 Å². The number of hydrogen-bond donors (Lipinski definition) is 2. The fraction of sp³-hybridized carbons (Fsp3) is 0.333. The van der Waals surface area contributed by atoms with E-state index in [0.717, 1.165) is 34.7 Å². The fourth-order valence-corrected chi connectivity index (χ4v) is 2.89. The van der Waals surface area contributed by atoms with Crippen LogP contribution in [0.3, 0.4) is 0 Å². The number of hydrogen-bond acceptors (Lipinski definition) is 4. The van der Waals surface area contributed by atoms with Crippen molar-refractivity contribution in [1.82, 2.24) is 14.9 Å². The summed E-state index contributed by atoms with van der Waals surface area (Å²) < 4.78 is 12.9. The zero-order valence-electron chi connectivity index (χ0n) is 16.6. The van der Waals surface area contributed by atoms with Crippen LogP contribution in [0.4, 0.5) is 5.69 Å². The first-order valence-corrected chi connectivity index (χ1v) is 9.31. The Labute approximate surface area is 165 Å². The summed E-state index contributed by atoms with van der Waals surface area (Å²) in [5.41, 5.74) is 3.01. The van der Waals surface area contributed by atoms with Crippen molar-refractivity contribution in [3.8, 4) is 5.75 Å². The molecule has 0 atom stereocenters. The minimum Gasteiger partial charge on any atom is -0.493 e. The summed E-state index contributed by atoms with van der Waals surface area (Å²) >= 11 is 0. The molecule has 148 valence electrons. The summed E-state index contributed by atoms with van der Waals surface area (Å²) in [5.74, 6) is 2.43. The molecule has 1 aromatic heterocycles. The van der Waals surface area contributed by atoms with Gasteiger partial charge in [0.25, 0.3) is 0 Å². The van der Waals surface area contributed by atoms with E-state index in [1.807, 2.05) is 49.5 Å². The molecule has 0 saturated carbocycles. The Kier molecular flexibility index (Phi) is 6.86. The van der Waals surface area contributed by atoms with Crippen LogP contribution in [0, 0.1) is 0 Å². The number of aromatic nitrogens is 2. The number of para-hydroxylation sites is 2. The second kappa shape index (κ2) is 9.75. The van der Waals surface area contributed by atoms with E-state index in [1.165, 1.54) is 0 Å². The third kappa shape index (κ3) is 5.01. The Morgan fingerprint density at radius 2 is 2.00 bits per heavy atom. The van der Waals surface area contributed by atoms with Gasteiger partial charge in [-0.1, -0.05) is 18.2 Å². The van der Waals surface area contributed by atoms with Crippen LogP contribution in [0.5, 0.6) is 5.75 Å². The zero-order valence-corrected chi connectivity index (χ0v) is 16.6. The average molecular weight is 381 g/mol. The summed E-state index contributed by atoms with van der Waals surface area (Å²) in [4.78, 5) is 8.97. The van der Waals surface area contributed by atoms with Gasteiger partial charge in [-0.2, -0.15) is 0 Å². The molecule has 3 rings (SSSR count). The monoisotopic (exact) mass is 381 g/mol. The lowest BCUT2D eigenvalue weighted by Crippen LogP contribution is -2.31. The fourth-order valence-electron chi connectivity index (χ4n) is 2.89. The topological polar surface area (TPSA) is 72.7 Å². The Morgan fingerprint density at radius 1 is 1.14 bits per heavy atom. The molecule has 0 radical (unpaired) electrons. The number of ether oxygens (including phenoxy) is 2. The number of fused-ring (bicyclic) bond motifs is 1. The number of imidazole rings is 1. The molecule has 1 heterocycles. The van der Waals surface area contributed by atoms with Gasteiger partial charge in [0.05, 0.1) is 24.2 Å². The van der Waals surface area contributed by atoms with Gasteiger partial charge >= 0.3 is 0 Å². The standard InChI is InChI=1S/C21H27N5O2/c1-22-21(23-15-20-25-18-10-4-5-11-19(18)26(20)2)24-16-8-6-9-17(14-16)28-13-7-12-27-3/h4-6,8-11,14H,7,12-13,15H2,1-3H3,(H2,22,23,24). The van der Waals surface area contributed by atoms with Crippen LogP contribution in [-0.4, -0.2) is 42.9 Å². The molecule has 2 aromatic carbocycles. The van der Waals surface area contributed by atoms with Crippen molar-refractivity contribution in [1.29, 1.82) is 0 Å². The minimum absolute atomic E-state index is 0.568.